The maximum absolute atomic E-state index is 5.84. The smallest absolute Gasteiger partial charge is 0.0826 e. The molecule has 0 aromatic rings. The molecular weight excluding hydrogens is 226 g/mol. The third-order valence-electron chi connectivity index (χ3n) is 4.26. The van der Waals surface area contributed by atoms with Crippen LogP contribution < -0.4 is 5.32 Å². The molecule has 106 valence electrons. The first-order valence-corrected chi connectivity index (χ1v) is 7.54. The quantitative estimate of drug-likeness (QED) is 0.803. The number of rotatable bonds is 4. The molecule has 2 unspecified atom stereocenters. The molecule has 0 aromatic carbocycles. The molecule has 0 amide bonds. The number of morpholine rings is 1. The summed E-state index contributed by atoms with van der Waals surface area (Å²) < 4.78 is 5.84. The third kappa shape index (κ3) is 4.50. The van der Waals surface area contributed by atoms with E-state index in [0.717, 1.165) is 32.8 Å². The first-order chi connectivity index (χ1) is 8.78. The second-order valence-corrected chi connectivity index (χ2v) is 5.73. The zero-order chi connectivity index (χ0) is 12.8. The molecule has 0 aromatic heterocycles. The fraction of sp³-hybridized carbons (Fsp3) is 1.00. The van der Waals surface area contributed by atoms with Gasteiger partial charge >= 0.3 is 0 Å². The van der Waals surface area contributed by atoms with Crippen LogP contribution in [0.1, 0.15) is 26.2 Å². The predicted octanol–water partition coefficient (Wildman–Crippen LogP) is 0.781. The SMILES string of the molecule is CCN1CCOC(CNC2CCCN(C)CC2)C1. The normalized spacial score (nSPS) is 32.3. The Morgan fingerprint density at radius 2 is 2.11 bits per heavy atom. The van der Waals surface area contributed by atoms with E-state index in [4.69, 9.17) is 4.74 Å². The molecule has 0 saturated carbocycles. The highest BCUT2D eigenvalue weighted by atomic mass is 16.5. The van der Waals surface area contributed by atoms with Crippen LogP contribution in [0.5, 0.6) is 0 Å². The van der Waals surface area contributed by atoms with E-state index in [1.807, 2.05) is 0 Å². The molecule has 1 N–H and O–H groups in total. The summed E-state index contributed by atoms with van der Waals surface area (Å²) in [4.78, 5) is 4.92. The minimum atomic E-state index is 0.389. The lowest BCUT2D eigenvalue weighted by Crippen LogP contribution is -2.48. The second kappa shape index (κ2) is 7.43. The number of hydrogen-bond acceptors (Lipinski definition) is 4. The van der Waals surface area contributed by atoms with Gasteiger partial charge in [0, 0.05) is 25.7 Å². The fourth-order valence-electron chi connectivity index (χ4n) is 2.93. The van der Waals surface area contributed by atoms with Crippen LogP contribution in [0, 0.1) is 0 Å². The molecule has 2 heterocycles. The van der Waals surface area contributed by atoms with Crippen molar-refractivity contribution < 1.29 is 4.74 Å². The van der Waals surface area contributed by atoms with Crippen molar-refractivity contribution in [3.8, 4) is 0 Å². The zero-order valence-electron chi connectivity index (χ0n) is 12.0. The molecule has 2 saturated heterocycles. The van der Waals surface area contributed by atoms with Crippen LogP contribution in [0.25, 0.3) is 0 Å². The van der Waals surface area contributed by atoms with Crippen molar-refractivity contribution in [3.63, 3.8) is 0 Å². The molecule has 4 nitrogen and oxygen atoms in total. The van der Waals surface area contributed by atoms with Crippen molar-refractivity contribution >= 4 is 0 Å². The number of likely N-dealkylation sites (N-methyl/N-ethyl adjacent to an activating group) is 1. The van der Waals surface area contributed by atoms with E-state index in [0.29, 0.717) is 12.1 Å². The Balaban J connectivity index is 1.67. The van der Waals surface area contributed by atoms with E-state index in [1.54, 1.807) is 0 Å². The molecule has 2 fully saturated rings. The zero-order valence-corrected chi connectivity index (χ0v) is 12.0. The maximum Gasteiger partial charge on any atom is 0.0826 e. The first-order valence-electron chi connectivity index (χ1n) is 7.54. The van der Waals surface area contributed by atoms with Crippen LogP contribution in [0.15, 0.2) is 0 Å². The molecule has 0 radical (unpaired) electrons. The van der Waals surface area contributed by atoms with E-state index < -0.39 is 0 Å². The molecule has 0 aliphatic carbocycles. The van der Waals surface area contributed by atoms with Gasteiger partial charge in [-0.1, -0.05) is 6.92 Å². The van der Waals surface area contributed by atoms with Crippen molar-refractivity contribution in [2.45, 2.75) is 38.3 Å². The van der Waals surface area contributed by atoms with Gasteiger partial charge in [-0.3, -0.25) is 4.90 Å². The van der Waals surface area contributed by atoms with Gasteiger partial charge in [-0.25, -0.2) is 0 Å². The first kappa shape index (κ1) is 14.3. The summed E-state index contributed by atoms with van der Waals surface area (Å²) in [5.41, 5.74) is 0. The van der Waals surface area contributed by atoms with E-state index in [9.17, 15) is 0 Å². The Morgan fingerprint density at radius 3 is 2.94 bits per heavy atom. The monoisotopic (exact) mass is 255 g/mol. The Morgan fingerprint density at radius 1 is 1.22 bits per heavy atom. The fourth-order valence-corrected chi connectivity index (χ4v) is 2.93. The number of hydrogen-bond donors (Lipinski definition) is 1. The van der Waals surface area contributed by atoms with Gasteiger partial charge in [0.2, 0.25) is 0 Å². The molecule has 2 rings (SSSR count). The molecule has 2 atom stereocenters. The third-order valence-corrected chi connectivity index (χ3v) is 4.26. The summed E-state index contributed by atoms with van der Waals surface area (Å²) in [7, 11) is 2.23. The molecule has 0 bridgehead atoms. The highest BCUT2D eigenvalue weighted by molar-refractivity contribution is 4.78. The van der Waals surface area contributed by atoms with Gasteiger partial charge in [0.15, 0.2) is 0 Å². The Labute approximate surface area is 112 Å². The van der Waals surface area contributed by atoms with Crippen molar-refractivity contribution in [2.75, 3.05) is 52.9 Å². The van der Waals surface area contributed by atoms with E-state index >= 15 is 0 Å². The number of nitrogens with zero attached hydrogens (tertiary/aromatic N) is 2. The van der Waals surface area contributed by atoms with E-state index in [2.05, 4.69) is 29.1 Å². The van der Waals surface area contributed by atoms with Crippen molar-refractivity contribution in [2.24, 2.45) is 0 Å². The summed E-state index contributed by atoms with van der Waals surface area (Å²) in [6.45, 7) is 9.97. The van der Waals surface area contributed by atoms with E-state index in [1.165, 1.54) is 32.4 Å². The number of nitrogens with one attached hydrogen (secondary N) is 1. The molecule has 2 aliphatic rings. The highest BCUT2D eigenvalue weighted by Gasteiger charge is 2.21. The standard InChI is InChI=1S/C14H29N3O/c1-3-17-9-10-18-14(12-17)11-15-13-5-4-7-16(2)8-6-13/h13-15H,3-12H2,1-2H3. The largest absolute Gasteiger partial charge is 0.374 e. The van der Waals surface area contributed by atoms with Crippen molar-refractivity contribution in [1.29, 1.82) is 0 Å². The molecule has 0 spiro atoms. The topological polar surface area (TPSA) is 27.7 Å². The van der Waals surface area contributed by atoms with Gasteiger partial charge in [0.1, 0.15) is 0 Å². The molecule has 2 aliphatic heterocycles. The van der Waals surface area contributed by atoms with E-state index in [-0.39, 0.29) is 0 Å². The summed E-state index contributed by atoms with van der Waals surface area (Å²) in [6.07, 6.45) is 4.30. The second-order valence-electron chi connectivity index (χ2n) is 5.73. The Hall–Kier alpha value is -0.160. The van der Waals surface area contributed by atoms with Gasteiger partial charge < -0.3 is 15.0 Å². The lowest BCUT2D eigenvalue weighted by atomic mass is 10.1. The highest BCUT2D eigenvalue weighted by Crippen LogP contribution is 2.10. The van der Waals surface area contributed by atoms with Crippen molar-refractivity contribution in [3.05, 3.63) is 0 Å². The van der Waals surface area contributed by atoms with Crippen LogP contribution in [-0.4, -0.2) is 74.9 Å². The summed E-state index contributed by atoms with van der Waals surface area (Å²) >= 11 is 0. The minimum absolute atomic E-state index is 0.389. The van der Waals surface area contributed by atoms with Gasteiger partial charge in [-0.05, 0) is 45.9 Å². The average Bonchev–Trinajstić information content (AvgIpc) is 2.61. The van der Waals surface area contributed by atoms with Crippen LogP contribution >= 0.6 is 0 Å². The minimum Gasteiger partial charge on any atom is -0.374 e. The predicted molar refractivity (Wildman–Crippen MR) is 75.0 cm³/mol. The van der Waals surface area contributed by atoms with Gasteiger partial charge in [0.05, 0.1) is 12.7 Å². The number of likely N-dealkylation sites (tertiary alicyclic amines) is 1. The van der Waals surface area contributed by atoms with Gasteiger partial charge in [-0.15, -0.1) is 0 Å². The van der Waals surface area contributed by atoms with Crippen LogP contribution in [-0.2, 0) is 4.74 Å². The number of ether oxygens (including phenoxy) is 1. The summed E-state index contributed by atoms with van der Waals surface area (Å²) in [5, 5.41) is 3.72. The molecular formula is C14H29N3O. The Bertz CT molecular complexity index is 235. The van der Waals surface area contributed by atoms with Gasteiger partial charge in [-0.2, -0.15) is 0 Å². The molecule has 4 heteroatoms. The average molecular weight is 255 g/mol. The molecule has 18 heavy (non-hydrogen) atoms. The van der Waals surface area contributed by atoms with Gasteiger partial charge in [0.25, 0.3) is 0 Å². The lowest BCUT2D eigenvalue weighted by molar-refractivity contribution is -0.0265. The van der Waals surface area contributed by atoms with Crippen LogP contribution in [0.4, 0.5) is 0 Å². The Kier molecular flexibility index (Phi) is 5.89. The lowest BCUT2D eigenvalue weighted by Gasteiger charge is -2.33. The van der Waals surface area contributed by atoms with Crippen LogP contribution in [0.3, 0.4) is 0 Å². The summed E-state index contributed by atoms with van der Waals surface area (Å²) in [5.74, 6) is 0. The summed E-state index contributed by atoms with van der Waals surface area (Å²) in [6, 6.07) is 0.690. The van der Waals surface area contributed by atoms with Crippen molar-refractivity contribution in [1.82, 2.24) is 15.1 Å². The maximum atomic E-state index is 5.84. The van der Waals surface area contributed by atoms with Crippen LogP contribution in [0.2, 0.25) is 0 Å².